The Bertz CT molecular complexity index is 463. The molecule has 2 nitrogen and oxygen atoms in total. The zero-order valence-electron chi connectivity index (χ0n) is 13.5. The summed E-state index contributed by atoms with van der Waals surface area (Å²) in [5.74, 6) is 1.59. The van der Waals surface area contributed by atoms with E-state index in [4.69, 9.17) is 23.2 Å². The number of aryl methyl sites for hydroxylation is 1. The Morgan fingerprint density at radius 2 is 1.81 bits per heavy atom. The molecule has 1 heterocycles. The first-order valence-corrected chi connectivity index (χ1v) is 8.59. The van der Waals surface area contributed by atoms with Crippen molar-refractivity contribution in [3.8, 4) is 0 Å². The Labute approximate surface area is 138 Å². The van der Waals surface area contributed by atoms with Crippen LogP contribution in [-0.4, -0.2) is 11.5 Å². The highest BCUT2D eigenvalue weighted by Gasteiger charge is 2.29. The maximum absolute atomic E-state index is 6.18. The third kappa shape index (κ3) is 4.50. The molecule has 1 aromatic heterocycles. The van der Waals surface area contributed by atoms with Gasteiger partial charge < -0.3 is 5.32 Å². The summed E-state index contributed by atoms with van der Waals surface area (Å²) in [5, 5.41) is 4.41. The molecule has 4 heteroatoms. The molecule has 1 aromatic rings. The van der Waals surface area contributed by atoms with Crippen molar-refractivity contribution >= 4 is 28.9 Å². The van der Waals surface area contributed by atoms with Gasteiger partial charge >= 0.3 is 0 Å². The van der Waals surface area contributed by atoms with E-state index in [1.807, 2.05) is 13.0 Å². The number of nitrogens with zero attached hydrogens (tertiary/aromatic N) is 1. The normalized spacial score (nSPS) is 23.1. The van der Waals surface area contributed by atoms with Crippen LogP contribution in [0.15, 0.2) is 6.07 Å². The van der Waals surface area contributed by atoms with E-state index in [1.54, 1.807) is 0 Å². The van der Waals surface area contributed by atoms with E-state index in [0.29, 0.717) is 15.7 Å². The Kier molecular flexibility index (Phi) is 5.43. The van der Waals surface area contributed by atoms with Crippen LogP contribution in [0.3, 0.4) is 0 Å². The second-order valence-electron chi connectivity index (χ2n) is 7.39. The zero-order chi connectivity index (χ0) is 15.6. The Morgan fingerprint density at radius 1 is 1.19 bits per heavy atom. The molecule has 0 amide bonds. The lowest BCUT2D eigenvalue weighted by atomic mass is 9.70. The topological polar surface area (TPSA) is 24.9 Å². The quantitative estimate of drug-likeness (QED) is 0.692. The van der Waals surface area contributed by atoms with Crippen molar-refractivity contribution in [2.45, 2.75) is 53.4 Å². The molecule has 0 aromatic carbocycles. The molecule has 0 saturated heterocycles. The minimum atomic E-state index is 0.443. The third-order valence-electron chi connectivity index (χ3n) is 4.78. The van der Waals surface area contributed by atoms with Crippen molar-refractivity contribution in [1.29, 1.82) is 0 Å². The Morgan fingerprint density at radius 3 is 2.33 bits per heavy atom. The van der Waals surface area contributed by atoms with Crippen molar-refractivity contribution in [3.63, 3.8) is 0 Å². The van der Waals surface area contributed by atoms with Gasteiger partial charge in [-0.05, 0) is 61.5 Å². The van der Waals surface area contributed by atoms with E-state index in [-0.39, 0.29) is 0 Å². The summed E-state index contributed by atoms with van der Waals surface area (Å²) in [7, 11) is 0. The molecule has 1 aliphatic carbocycles. The van der Waals surface area contributed by atoms with Crippen LogP contribution in [0.5, 0.6) is 0 Å². The van der Waals surface area contributed by atoms with E-state index in [1.165, 1.54) is 25.7 Å². The molecule has 0 spiro atoms. The molecule has 0 radical (unpaired) electrons. The van der Waals surface area contributed by atoms with Gasteiger partial charge in [0.15, 0.2) is 5.15 Å². The first kappa shape index (κ1) is 16.9. The summed E-state index contributed by atoms with van der Waals surface area (Å²) in [4.78, 5) is 4.11. The van der Waals surface area contributed by atoms with Gasteiger partial charge in [0.25, 0.3) is 0 Å². The second kappa shape index (κ2) is 6.75. The minimum Gasteiger partial charge on any atom is -0.382 e. The average molecular weight is 329 g/mol. The van der Waals surface area contributed by atoms with Crippen LogP contribution < -0.4 is 5.32 Å². The summed E-state index contributed by atoms with van der Waals surface area (Å²) in [6.07, 6.45) is 5.27. The summed E-state index contributed by atoms with van der Waals surface area (Å²) >= 11 is 12.1. The highest BCUT2D eigenvalue weighted by atomic mass is 35.5. The standard InChI is InChI=1S/C17H26Cl2N2/c1-11-9-14(18)21-16(19)15(11)20-10-12-5-7-13(8-6-12)17(2,3)4/h9,12-13,20H,5-8,10H2,1-4H3. The van der Waals surface area contributed by atoms with Crippen LogP contribution in [0.25, 0.3) is 0 Å². The predicted molar refractivity (Wildman–Crippen MR) is 92.4 cm³/mol. The summed E-state index contributed by atoms with van der Waals surface area (Å²) in [6, 6.07) is 1.85. The molecule has 1 N–H and O–H groups in total. The lowest BCUT2D eigenvalue weighted by Crippen LogP contribution is -2.28. The van der Waals surface area contributed by atoms with Crippen molar-refractivity contribution in [3.05, 3.63) is 21.9 Å². The van der Waals surface area contributed by atoms with E-state index >= 15 is 0 Å². The molecule has 0 unspecified atom stereocenters. The van der Waals surface area contributed by atoms with Gasteiger partial charge in [0.05, 0.1) is 5.69 Å². The highest BCUT2D eigenvalue weighted by molar-refractivity contribution is 6.34. The fraction of sp³-hybridized carbons (Fsp3) is 0.706. The van der Waals surface area contributed by atoms with Gasteiger partial charge in [-0.1, -0.05) is 44.0 Å². The Balaban J connectivity index is 1.88. The van der Waals surface area contributed by atoms with Crippen LogP contribution in [-0.2, 0) is 0 Å². The third-order valence-corrected chi connectivity index (χ3v) is 5.25. The predicted octanol–water partition coefficient (Wildman–Crippen LogP) is 5.96. The van der Waals surface area contributed by atoms with Crippen molar-refractivity contribution in [2.24, 2.45) is 17.3 Å². The van der Waals surface area contributed by atoms with E-state index in [9.17, 15) is 0 Å². The average Bonchev–Trinajstić information content (AvgIpc) is 2.37. The van der Waals surface area contributed by atoms with Crippen molar-refractivity contribution < 1.29 is 0 Å². The SMILES string of the molecule is Cc1cc(Cl)nc(Cl)c1NCC1CCC(C(C)(C)C)CC1. The van der Waals surface area contributed by atoms with Gasteiger partial charge in [-0.15, -0.1) is 0 Å². The zero-order valence-corrected chi connectivity index (χ0v) is 15.0. The maximum atomic E-state index is 6.18. The molecule has 0 bridgehead atoms. The first-order chi connectivity index (χ1) is 9.77. The van der Waals surface area contributed by atoms with Crippen LogP contribution in [0.2, 0.25) is 10.3 Å². The molecular formula is C17H26Cl2N2. The van der Waals surface area contributed by atoms with E-state index in [0.717, 1.165) is 29.6 Å². The smallest absolute Gasteiger partial charge is 0.154 e. The number of pyridine rings is 1. The summed E-state index contributed by atoms with van der Waals surface area (Å²) < 4.78 is 0. The number of nitrogens with one attached hydrogen (secondary N) is 1. The molecule has 1 aliphatic rings. The maximum Gasteiger partial charge on any atom is 0.154 e. The van der Waals surface area contributed by atoms with Crippen LogP contribution in [0, 0.1) is 24.2 Å². The molecule has 1 fully saturated rings. The fourth-order valence-electron chi connectivity index (χ4n) is 3.29. The van der Waals surface area contributed by atoms with Gasteiger partial charge in [0.1, 0.15) is 5.15 Å². The largest absolute Gasteiger partial charge is 0.382 e. The van der Waals surface area contributed by atoms with Crippen molar-refractivity contribution in [2.75, 3.05) is 11.9 Å². The van der Waals surface area contributed by atoms with Gasteiger partial charge in [0.2, 0.25) is 0 Å². The molecule has 118 valence electrons. The van der Waals surface area contributed by atoms with Gasteiger partial charge in [-0.25, -0.2) is 4.98 Å². The number of aromatic nitrogens is 1. The monoisotopic (exact) mass is 328 g/mol. The molecular weight excluding hydrogens is 303 g/mol. The molecule has 1 saturated carbocycles. The van der Waals surface area contributed by atoms with E-state index < -0.39 is 0 Å². The number of rotatable bonds is 3. The van der Waals surface area contributed by atoms with Crippen LogP contribution in [0.1, 0.15) is 52.0 Å². The number of anilines is 1. The summed E-state index contributed by atoms with van der Waals surface area (Å²) in [6.45, 7) is 10.1. The van der Waals surface area contributed by atoms with Gasteiger partial charge in [0, 0.05) is 6.54 Å². The van der Waals surface area contributed by atoms with Gasteiger partial charge in [-0.2, -0.15) is 0 Å². The molecule has 2 rings (SSSR count). The Hall–Kier alpha value is -0.470. The molecule has 21 heavy (non-hydrogen) atoms. The van der Waals surface area contributed by atoms with E-state index in [2.05, 4.69) is 31.1 Å². The summed E-state index contributed by atoms with van der Waals surface area (Å²) in [5.41, 5.74) is 2.43. The minimum absolute atomic E-state index is 0.443. The number of hydrogen-bond donors (Lipinski definition) is 1. The molecule has 0 atom stereocenters. The fourth-order valence-corrected chi connectivity index (χ4v) is 3.89. The highest BCUT2D eigenvalue weighted by Crippen LogP contribution is 2.40. The van der Waals surface area contributed by atoms with Crippen LogP contribution in [0.4, 0.5) is 5.69 Å². The lowest BCUT2D eigenvalue weighted by molar-refractivity contribution is 0.153. The van der Waals surface area contributed by atoms with Gasteiger partial charge in [-0.3, -0.25) is 0 Å². The van der Waals surface area contributed by atoms with Crippen molar-refractivity contribution in [1.82, 2.24) is 4.98 Å². The van der Waals surface area contributed by atoms with Crippen LogP contribution >= 0.6 is 23.2 Å². The number of halogens is 2. The number of hydrogen-bond acceptors (Lipinski definition) is 2. The molecule has 0 aliphatic heterocycles. The lowest BCUT2D eigenvalue weighted by Gasteiger charge is -2.37. The first-order valence-electron chi connectivity index (χ1n) is 7.84. The second-order valence-corrected chi connectivity index (χ2v) is 8.14.